The summed E-state index contributed by atoms with van der Waals surface area (Å²) in [7, 11) is 0. The fraction of sp³-hybridized carbons (Fsp3) is 0.571. The number of rotatable bonds is 6. The van der Waals surface area contributed by atoms with E-state index in [1.54, 1.807) is 12.1 Å². The molecule has 0 aromatic heterocycles. The van der Waals surface area contributed by atoms with Gasteiger partial charge in [0.15, 0.2) is 11.6 Å². The highest BCUT2D eigenvalue weighted by Crippen LogP contribution is 2.24. The van der Waals surface area contributed by atoms with Crippen LogP contribution in [0.4, 0.5) is 4.39 Å². The Labute approximate surface area is 121 Å². The Bertz CT molecular complexity index is 416. The van der Waals surface area contributed by atoms with E-state index in [1.807, 2.05) is 0 Å². The van der Waals surface area contributed by atoms with Crippen LogP contribution in [0.2, 0.25) is 0 Å². The van der Waals surface area contributed by atoms with E-state index in [-0.39, 0.29) is 23.8 Å². The van der Waals surface area contributed by atoms with Gasteiger partial charge in [-0.1, -0.05) is 22.9 Å². The lowest BCUT2D eigenvalue weighted by molar-refractivity contribution is 0.0180. The van der Waals surface area contributed by atoms with Gasteiger partial charge in [0.1, 0.15) is 6.61 Å². The third kappa shape index (κ3) is 4.44. The first kappa shape index (κ1) is 14.8. The van der Waals surface area contributed by atoms with Crippen LogP contribution in [0.15, 0.2) is 22.7 Å². The Balaban J connectivity index is 1.78. The van der Waals surface area contributed by atoms with E-state index in [1.165, 1.54) is 6.07 Å². The van der Waals surface area contributed by atoms with Crippen molar-refractivity contribution in [1.29, 1.82) is 0 Å². The van der Waals surface area contributed by atoms with Crippen molar-refractivity contribution in [3.05, 3.63) is 28.5 Å². The summed E-state index contributed by atoms with van der Waals surface area (Å²) in [6.45, 7) is 4.30. The number of halogens is 2. The van der Waals surface area contributed by atoms with Crippen molar-refractivity contribution in [2.24, 2.45) is 0 Å². The SMILES string of the molecule is CCNCC1CCC(COc2cc(Br)ccc2F)O1. The van der Waals surface area contributed by atoms with Crippen molar-refractivity contribution in [2.75, 3.05) is 19.7 Å². The van der Waals surface area contributed by atoms with Crippen molar-refractivity contribution in [3.63, 3.8) is 0 Å². The van der Waals surface area contributed by atoms with Gasteiger partial charge in [-0.15, -0.1) is 0 Å². The number of hydrogen-bond acceptors (Lipinski definition) is 3. The Morgan fingerprint density at radius 2 is 2.21 bits per heavy atom. The van der Waals surface area contributed by atoms with E-state index in [0.29, 0.717) is 6.61 Å². The second-order valence-electron chi connectivity index (χ2n) is 4.65. The number of likely N-dealkylation sites (N-methyl/N-ethyl adjacent to an activating group) is 1. The summed E-state index contributed by atoms with van der Waals surface area (Å²) in [5.41, 5.74) is 0. The van der Waals surface area contributed by atoms with Gasteiger partial charge in [0.05, 0.1) is 12.2 Å². The lowest BCUT2D eigenvalue weighted by atomic mass is 10.2. The van der Waals surface area contributed by atoms with E-state index >= 15 is 0 Å². The minimum atomic E-state index is -0.342. The molecule has 1 heterocycles. The molecule has 0 radical (unpaired) electrons. The fourth-order valence-electron chi connectivity index (χ4n) is 2.13. The largest absolute Gasteiger partial charge is 0.488 e. The highest BCUT2D eigenvalue weighted by atomic mass is 79.9. The molecule has 2 unspecified atom stereocenters. The van der Waals surface area contributed by atoms with Crippen LogP contribution < -0.4 is 10.1 Å². The molecule has 2 atom stereocenters. The summed E-state index contributed by atoms with van der Waals surface area (Å²) in [6, 6.07) is 4.68. The predicted molar refractivity (Wildman–Crippen MR) is 76.0 cm³/mol. The van der Waals surface area contributed by atoms with Gasteiger partial charge in [0.25, 0.3) is 0 Å². The monoisotopic (exact) mass is 331 g/mol. The maximum atomic E-state index is 13.5. The summed E-state index contributed by atoms with van der Waals surface area (Å²) in [4.78, 5) is 0. The van der Waals surface area contributed by atoms with Gasteiger partial charge in [-0.3, -0.25) is 0 Å². The van der Waals surface area contributed by atoms with Crippen molar-refractivity contribution < 1.29 is 13.9 Å². The molecule has 5 heteroatoms. The average Bonchev–Trinajstić information content (AvgIpc) is 2.85. The Hall–Kier alpha value is -0.650. The molecule has 0 bridgehead atoms. The van der Waals surface area contributed by atoms with Gasteiger partial charge in [-0.2, -0.15) is 0 Å². The van der Waals surface area contributed by atoms with E-state index in [9.17, 15) is 4.39 Å². The molecule has 0 amide bonds. The van der Waals surface area contributed by atoms with Gasteiger partial charge < -0.3 is 14.8 Å². The number of nitrogens with one attached hydrogen (secondary N) is 1. The number of ether oxygens (including phenoxy) is 2. The zero-order chi connectivity index (χ0) is 13.7. The first-order valence-electron chi connectivity index (χ1n) is 6.63. The molecule has 106 valence electrons. The van der Waals surface area contributed by atoms with Gasteiger partial charge >= 0.3 is 0 Å². The number of hydrogen-bond donors (Lipinski definition) is 1. The molecular weight excluding hydrogens is 313 g/mol. The maximum absolute atomic E-state index is 13.5. The summed E-state index contributed by atoms with van der Waals surface area (Å²) >= 11 is 3.30. The highest BCUT2D eigenvalue weighted by molar-refractivity contribution is 9.10. The topological polar surface area (TPSA) is 30.5 Å². The normalized spacial score (nSPS) is 22.7. The molecular formula is C14H19BrFNO2. The molecule has 1 aromatic carbocycles. The molecule has 0 spiro atoms. The van der Waals surface area contributed by atoms with Crippen LogP contribution in [0.5, 0.6) is 5.75 Å². The van der Waals surface area contributed by atoms with E-state index in [4.69, 9.17) is 9.47 Å². The van der Waals surface area contributed by atoms with E-state index < -0.39 is 0 Å². The van der Waals surface area contributed by atoms with E-state index in [2.05, 4.69) is 28.2 Å². The van der Waals surface area contributed by atoms with Crippen LogP contribution in [-0.2, 0) is 4.74 Å². The van der Waals surface area contributed by atoms with E-state index in [0.717, 1.165) is 30.4 Å². The Morgan fingerprint density at radius 3 is 3.00 bits per heavy atom. The molecule has 1 aliphatic rings. The third-order valence-corrected chi connectivity index (χ3v) is 3.63. The minimum Gasteiger partial charge on any atom is -0.488 e. The summed E-state index contributed by atoms with van der Waals surface area (Å²) in [6.07, 6.45) is 2.30. The molecule has 1 N–H and O–H groups in total. The van der Waals surface area contributed by atoms with Crippen LogP contribution in [0.3, 0.4) is 0 Å². The summed E-state index contributed by atoms with van der Waals surface area (Å²) < 4.78 is 25.6. The van der Waals surface area contributed by atoms with Crippen molar-refractivity contribution in [1.82, 2.24) is 5.32 Å². The van der Waals surface area contributed by atoms with Crippen LogP contribution in [-0.4, -0.2) is 31.9 Å². The van der Waals surface area contributed by atoms with Crippen LogP contribution in [0.1, 0.15) is 19.8 Å². The molecule has 2 rings (SSSR count). The average molecular weight is 332 g/mol. The second-order valence-corrected chi connectivity index (χ2v) is 5.57. The van der Waals surface area contributed by atoms with Gasteiger partial charge in [0.2, 0.25) is 0 Å². The lowest BCUT2D eigenvalue weighted by Crippen LogP contribution is -2.28. The molecule has 19 heavy (non-hydrogen) atoms. The fourth-order valence-corrected chi connectivity index (χ4v) is 2.47. The van der Waals surface area contributed by atoms with Crippen molar-refractivity contribution in [3.8, 4) is 5.75 Å². The van der Waals surface area contributed by atoms with Gasteiger partial charge in [-0.05, 0) is 37.6 Å². The molecule has 1 fully saturated rings. The molecule has 0 saturated carbocycles. The summed E-state index contributed by atoms with van der Waals surface area (Å²) in [5.74, 6) is -0.0708. The van der Waals surface area contributed by atoms with Gasteiger partial charge in [0, 0.05) is 11.0 Å². The van der Waals surface area contributed by atoms with Crippen LogP contribution in [0, 0.1) is 5.82 Å². The maximum Gasteiger partial charge on any atom is 0.165 e. The standard InChI is InChI=1S/C14H19BrFNO2/c1-2-17-8-11-4-5-12(19-11)9-18-14-7-10(15)3-6-13(14)16/h3,6-7,11-12,17H,2,4-5,8-9H2,1H3. The highest BCUT2D eigenvalue weighted by Gasteiger charge is 2.25. The minimum absolute atomic E-state index is 0.0574. The lowest BCUT2D eigenvalue weighted by Gasteiger charge is -2.15. The second kappa shape index (κ2) is 7.22. The Kier molecular flexibility index (Phi) is 5.60. The molecule has 1 aromatic rings. The predicted octanol–water partition coefficient (Wildman–Crippen LogP) is 3.12. The number of benzene rings is 1. The molecule has 1 saturated heterocycles. The zero-order valence-electron chi connectivity index (χ0n) is 11.0. The smallest absolute Gasteiger partial charge is 0.165 e. The molecule has 1 aliphatic heterocycles. The summed E-state index contributed by atoms with van der Waals surface area (Å²) in [5, 5.41) is 3.27. The van der Waals surface area contributed by atoms with Crippen LogP contribution >= 0.6 is 15.9 Å². The van der Waals surface area contributed by atoms with Crippen molar-refractivity contribution >= 4 is 15.9 Å². The first-order chi connectivity index (χ1) is 9.19. The van der Waals surface area contributed by atoms with Crippen molar-refractivity contribution in [2.45, 2.75) is 32.0 Å². The Morgan fingerprint density at radius 1 is 1.42 bits per heavy atom. The first-order valence-corrected chi connectivity index (χ1v) is 7.42. The van der Waals surface area contributed by atoms with Gasteiger partial charge in [-0.25, -0.2) is 4.39 Å². The molecule has 0 aliphatic carbocycles. The quantitative estimate of drug-likeness (QED) is 0.868. The zero-order valence-corrected chi connectivity index (χ0v) is 12.6. The third-order valence-electron chi connectivity index (χ3n) is 3.14. The van der Waals surface area contributed by atoms with Crippen LogP contribution in [0.25, 0.3) is 0 Å². The molecule has 3 nitrogen and oxygen atoms in total.